The van der Waals surface area contributed by atoms with Gasteiger partial charge >= 0.3 is 6.18 Å². The van der Waals surface area contributed by atoms with Crippen molar-refractivity contribution in [1.29, 1.82) is 0 Å². The summed E-state index contributed by atoms with van der Waals surface area (Å²) in [6.07, 6.45) is -0.959. The largest absolute Gasteiger partial charge is 0.416 e. The van der Waals surface area contributed by atoms with Crippen LogP contribution >= 0.6 is 11.3 Å². The van der Waals surface area contributed by atoms with E-state index in [1.54, 1.807) is 6.08 Å². The predicted octanol–water partition coefficient (Wildman–Crippen LogP) is 4.66. The van der Waals surface area contributed by atoms with Crippen molar-refractivity contribution in [2.45, 2.75) is 31.0 Å². The van der Waals surface area contributed by atoms with Crippen LogP contribution in [-0.4, -0.2) is 24.0 Å². The van der Waals surface area contributed by atoms with E-state index in [4.69, 9.17) is 4.74 Å². The van der Waals surface area contributed by atoms with E-state index in [-0.39, 0.29) is 11.3 Å². The first-order valence-corrected chi connectivity index (χ1v) is 9.67. The number of benzene rings is 1. The number of thiophene rings is 1. The Bertz CT molecular complexity index is 927. The number of nitrogens with zero attached hydrogens (tertiary/aromatic N) is 1. The van der Waals surface area contributed by atoms with Crippen LogP contribution < -0.4 is 4.90 Å². The van der Waals surface area contributed by atoms with E-state index in [0.717, 1.165) is 46.9 Å². The van der Waals surface area contributed by atoms with Gasteiger partial charge in [-0.3, -0.25) is 9.59 Å². The molecule has 4 rings (SSSR count). The van der Waals surface area contributed by atoms with Gasteiger partial charge in [0, 0.05) is 11.5 Å². The van der Waals surface area contributed by atoms with Crippen molar-refractivity contribution in [3.63, 3.8) is 0 Å². The molecular formula is C20H16F3NO3S. The molecule has 1 aromatic heterocycles. The molecule has 0 aliphatic carbocycles. The number of carbonyl (C=O) groups excluding carboxylic acids is 2. The van der Waals surface area contributed by atoms with E-state index in [9.17, 15) is 22.8 Å². The number of rotatable bonds is 2. The minimum Gasteiger partial charge on any atom is -0.360 e. The number of hydrogen-bond acceptors (Lipinski definition) is 4. The van der Waals surface area contributed by atoms with Gasteiger partial charge in [-0.15, -0.1) is 11.3 Å². The third-order valence-electron chi connectivity index (χ3n) is 4.97. The number of carbonyl (C=O) groups is 2. The fourth-order valence-electron chi connectivity index (χ4n) is 3.58. The minimum absolute atomic E-state index is 0.103. The fourth-order valence-corrected chi connectivity index (χ4v) is 4.24. The zero-order valence-electron chi connectivity index (χ0n) is 14.7. The van der Waals surface area contributed by atoms with Crippen LogP contribution in [0.4, 0.5) is 18.9 Å². The van der Waals surface area contributed by atoms with Crippen molar-refractivity contribution in [3.05, 3.63) is 57.8 Å². The SMILES string of the molecule is O=C1C(=Cc2cccs2)C2(CCCCO2)C(=O)N1c1ccc(C(F)(F)F)cc1. The van der Waals surface area contributed by atoms with Crippen LogP contribution in [0.5, 0.6) is 0 Å². The molecule has 2 fully saturated rings. The van der Waals surface area contributed by atoms with Crippen LogP contribution in [-0.2, 0) is 20.5 Å². The molecule has 3 heterocycles. The standard InChI is InChI=1S/C20H16F3NO3S/c21-20(22,23)13-5-7-14(8-6-13)24-17(25)16(12-15-4-3-11-28-15)19(18(24)26)9-1-2-10-27-19/h3-8,11-12H,1-2,9-10H2. The van der Waals surface area contributed by atoms with Gasteiger partial charge in [0.25, 0.3) is 11.8 Å². The van der Waals surface area contributed by atoms with E-state index >= 15 is 0 Å². The van der Waals surface area contributed by atoms with E-state index in [1.807, 2.05) is 17.5 Å². The van der Waals surface area contributed by atoms with Gasteiger partial charge in [0.15, 0.2) is 5.60 Å². The van der Waals surface area contributed by atoms with Crippen molar-refractivity contribution in [2.75, 3.05) is 11.5 Å². The van der Waals surface area contributed by atoms with Crippen molar-refractivity contribution in [1.82, 2.24) is 0 Å². The second kappa shape index (κ2) is 6.86. The Morgan fingerprint density at radius 2 is 1.86 bits per heavy atom. The summed E-state index contributed by atoms with van der Waals surface area (Å²) in [7, 11) is 0. The van der Waals surface area contributed by atoms with Gasteiger partial charge in [0.05, 0.1) is 16.8 Å². The Labute approximate surface area is 163 Å². The molecule has 28 heavy (non-hydrogen) atoms. The Kier molecular flexibility index (Phi) is 4.63. The fraction of sp³-hybridized carbons (Fsp3) is 0.300. The van der Waals surface area contributed by atoms with Crippen LogP contribution in [0.15, 0.2) is 47.4 Å². The summed E-state index contributed by atoms with van der Waals surface area (Å²) in [5, 5.41) is 1.86. The van der Waals surface area contributed by atoms with E-state index < -0.39 is 29.2 Å². The Morgan fingerprint density at radius 1 is 1.11 bits per heavy atom. The number of amides is 2. The van der Waals surface area contributed by atoms with Gasteiger partial charge in [-0.05, 0) is 61.1 Å². The quantitative estimate of drug-likeness (QED) is 0.537. The van der Waals surface area contributed by atoms with E-state index in [2.05, 4.69) is 0 Å². The molecule has 2 saturated heterocycles. The smallest absolute Gasteiger partial charge is 0.360 e. The number of halogens is 3. The maximum absolute atomic E-state index is 13.2. The maximum atomic E-state index is 13.2. The lowest BCUT2D eigenvalue weighted by atomic mass is 9.87. The third-order valence-corrected chi connectivity index (χ3v) is 5.79. The molecular weight excluding hydrogens is 391 g/mol. The van der Waals surface area contributed by atoms with Crippen LogP contribution in [0, 0.1) is 0 Å². The first-order valence-electron chi connectivity index (χ1n) is 8.79. The van der Waals surface area contributed by atoms with Crippen LogP contribution in [0.1, 0.15) is 29.7 Å². The number of imide groups is 1. The van der Waals surface area contributed by atoms with E-state index in [1.165, 1.54) is 11.3 Å². The molecule has 2 aliphatic rings. The van der Waals surface area contributed by atoms with Crippen molar-refractivity contribution in [3.8, 4) is 0 Å². The summed E-state index contributed by atoms with van der Waals surface area (Å²) in [6.45, 7) is 0.349. The Balaban J connectivity index is 1.77. The number of alkyl halides is 3. The monoisotopic (exact) mass is 407 g/mol. The van der Waals surface area contributed by atoms with Gasteiger partial charge < -0.3 is 4.74 Å². The zero-order valence-corrected chi connectivity index (χ0v) is 15.5. The predicted molar refractivity (Wildman–Crippen MR) is 98.8 cm³/mol. The minimum atomic E-state index is -4.49. The third kappa shape index (κ3) is 3.06. The molecule has 0 radical (unpaired) electrons. The highest BCUT2D eigenvalue weighted by atomic mass is 32.1. The normalized spacial score (nSPS) is 24.5. The molecule has 4 nitrogen and oxygen atoms in total. The van der Waals surface area contributed by atoms with Crippen molar-refractivity contribution in [2.24, 2.45) is 0 Å². The van der Waals surface area contributed by atoms with Gasteiger partial charge in [0.1, 0.15) is 0 Å². The summed E-state index contributed by atoms with van der Waals surface area (Å²) in [5.41, 5.74) is -1.87. The van der Waals surface area contributed by atoms with Crippen molar-refractivity contribution < 1.29 is 27.5 Å². The summed E-state index contributed by atoms with van der Waals surface area (Å²) in [4.78, 5) is 28.1. The summed E-state index contributed by atoms with van der Waals surface area (Å²) >= 11 is 1.42. The second-order valence-electron chi connectivity index (χ2n) is 6.70. The van der Waals surface area contributed by atoms with Crippen LogP contribution in [0.3, 0.4) is 0 Å². The van der Waals surface area contributed by atoms with Crippen LogP contribution in [0.2, 0.25) is 0 Å². The van der Waals surface area contributed by atoms with Gasteiger partial charge in [-0.1, -0.05) is 6.07 Å². The highest BCUT2D eigenvalue weighted by Gasteiger charge is 2.58. The first kappa shape index (κ1) is 18.9. The maximum Gasteiger partial charge on any atom is 0.416 e. The average molecular weight is 407 g/mol. The molecule has 1 atom stereocenters. The van der Waals surface area contributed by atoms with Gasteiger partial charge in [-0.25, -0.2) is 4.90 Å². The Morgan fingerprint density at radius 3 is 2.43 bits per heavy atom. The number of anilines is 1. The molecule has 1 spiro atoms. The molecule has 2 amide bonds. The molecule has 146 valence electrons. The molecule has 8 heteroatoms. The molecule has 0 N–H and O–H groups in total. The van der Waals surface area contributed by atoms with Gasteiger partial charge in [0.2, 0.25) is 0 Å². The molecule has 2 aliphatic heterocycles. The summed E-state index contributed by atoms with van der Waals surface area (Å²) < 4.78 is 44.3. The molecule has 0 saturated carbocycles. The van der Waals surface area contributed by atoms with Crippen molar-refractivity contribution >= 4 is 34.9 Å². The van der Waals surface area contributed by atoms with Gasteiger partial charge in [-0.2, -0.15) is 13.2 Å². The summed E-state index contributed by atoms with van der Waals surface area (Å²) in [5.74, 6) is -1.10. The zero-order chi connectivity index (χ0) is 19.9. The molecule has 2 aromatic rings. The Hall–Kier alpha value is -2.45. The number of ether oxygens (including phenoxy) is 1. The lowest BCUT2D eigenvalue weighted by Crippen LogP contribution is -2.45. The van der Waals surface area contributed by atoms with Crippen LogP contribution in [0.25, 0.3) is 6.08 Å². The number of hydrogen-bond donors (Lipinski definition) is 0. The lowest BCUT2D eigenvalue weighted by molar-refractivity contribution is -0.140. The highest BCUT2D eigenvalue weighted by molar-refractivity contribution is 7.10. The lowest BCUT2D eigenvalue weighted by Gasteiger charge is -2.32. The average Bonchev–Trinajstić information content (AvgIpc) is 3.25. The van der Waals surface area contributed by atoms with E-state index in [0.29, 0.717) is 13.0 Å². The summed E-state index contributed by atoms with van der Waals surface area (Å²) in [6, 6.07) is 7.68. The molecule has 1 unspecified atom stereocenters. The molecule has 1 aromatic carbocycles. The molecule has 0 bridgehead atoms. The topological polar surface area (TPSA) is 46.6 Å². The first-order chi connectivity index (χ1) is 13.3. The highest BCUT2D eigenvalue weighted by Crippen LogP contribution is 2.43. The second-order valence-corrected chi connectivity index (χ2v) is 7.68.